The molecule has 2 aromatic rings. The molecule has 1 aromatic carbocycles. The fraction of sp³-hybridized carbons (Fsp3) is 0.474. The Balaban J connectivity index is 0.00000338. The molecular weight excluding hydrogens is 457 g/mol. The first-order chi connectivity index (χ1) is 12.2. The van der Waals surface area contributed by atoms with Crippen LogP contribution in [-0.2, 0) is 13.0 Å². The molecule has 0 unspecified atom stereocenters. The number of anilines is 1. The van der Waals surface area contributed by atoms with Crippen LogP contribution < -0.4 is 15.5 Å². The number of hydrogen-bond acceptors (Lipinski definition) is 4. The fourth-order valence-corrected chi connectivity index (χ4v) is 3.19. The average molecular weight is 487 g/mol. The highest BCUT2D eigenvalue weighted by molar-refractivity contribution is 14.0. The first kappa shape index (κ1) is 22.7. The summed E-state index contributed by atoms with van der Waals surface area (Å²) in [5.74, 6) is 0.859. The third-order valence-electron chi connectivity index (χ3n) is 3.83. The van der Waals surface area contributed by atoms with E-state index in [4.69, 9.17) is 0 Å². The largest absolute Gasteiger partial charge is 0.375 e. The van der Waals surface area contributed by atoms with E-state index < -0.39 is 0 Å². The van der Waals surface area contributed by atoms with E-state index in [1.807, 2.05) is 12.3 Å². The van der Waals surface area contributed by atoms with Crippen LogP contribution in [0.1, 0.15) is 30.2 Å². The van der Waals surface area contributed by atoms with Crippen molar-refractivity contribution in [3.63, 3.8) is 0 Å². The van der Waals surface area contributed by atoms with E-state index in [1.54, 1.807) is 11.3 Å². The lowest BCUT2D eigenvalue weighted by Gasteiger charge is -2.19. The molecule has 0 bridgehead atoms. The number of rotatable bonds is 9. The second kappa shape index (κ2) is 12.9. The Bertz CT molecular complexity index is 644. The monoisotopic (exact) mass is 487 g/mol. The second-order valence-electron chi connectivity index (χ2n) is 5.81. The zero-order valence-corrected chi connectivity index (χ0v) is 19.0. The molecule has 0 saturated heterocycles. The predicted molar refractivity (Wildman–Crippen MR) is 124 cm³/mol. The Kier molecular flexibility index (Phi) is 11.3. The highest BCUT2D eigenvalue weighted by atomic mass is 127. The van der Waals surface area contributed by atoms with Crippen LogP contribution in [0, 0.1) is 0 Å². The number of nitrogens with one attached hydrogen (secondary N) is 2. The summed E-state index contributed by atoms with van der Waals surface area (Å²) < 4.78 is 0. The van der Waals surface area contributed by atoms with Gasteiger partial charge in [-0.3, -0.25) is 0 Å². The van der Waals surface area contributed by atoms with Gasteiger partial charge in [0.1, 0.15) is 5.01 Å². The number of thiazole rings is 1. The lowest BCUT2D eigenvalue weighted by molar-refractivity contribution is 0.730. The smallest absolute Gasteiger partial charge is 0.191 e. The Morgan fingerprint density at radius 2 is 1.96 bits per heavy atom. The van der Waals surface area contributed by atoms with Crippen LogP contribution in [0.3, 0.4) is 0 Å². The van der Waals surface area contributed by atoms with Crippen LogP contribution >= 0.6 is 35.3 Å². The van der Waals surface area contributed by atoms with E-state index in [-0.39, 0.29) is 24.0 Å². The van der Waals surface area contributed by atoms with Gasteiger partial charge in [-0.2, -0.15) is 0 Å². The number of hydrogen-bond donors (Lipinski definition) is 2. The summed E-state index contributed by atoms with van der Waals surface area (Å²) in [7, 11) is 2.13. The minimum Gasteiger partial charge on any atom is -0.375 e. The Morgan fingerprint density at radius 1 is 1.19 bits per heavy atom. The van der Waals surface area contributed by atoms with Crippen molar-refractivity contribution in [2.75, 3.05) is 31.6 Å². The topological polar surface area (TPSA) is 52.6 Å². The number of guanidine groups is 1. The molecule has 1 heterocycles. The van der Waals surface area contributed by atoms with Crippen molar-refractivity contribution in [2.45, 2.75) is 33.2 Å². The van der Waals surface area contributed by atoms with Gasteiger partial charge in [-0.25, -0.2) is 9.98 Å². The molecule has 2 rings (SSSR count). The number of benzene rings is 1. The quantitative estimate of drug-likeness (QED) is 0.244. The van der Waals surface area contributed by atoms with Crippen LogP contribution in [0.2, 0.25) is 0 Å². The molecule has 2 N–H and O–H groups in total. The minimum absolute atomic E-state index is 0. The Labute approximate surface area is 178 Å². The number of halogens is 1. The summed E-state index contributed by atoms with van der Waals surface area (Å²) in [6.45, 7) is 7.61. The van der Waals surface area contributed by atoms with E-state index in [2.05, 4.69) is 70.7 Å². The third-order valence-corrected chi connectivity index (χ3v) is 4.95. The standard InChI is InChI=1S/C19H29N5S.HI/c1-4-17-14-22-18(25-17)15-23-19(20-5-2)21-12-9-13-24(3)16-10-7-6-8-11-16;/h6-8,10-11,14H,4-5,9,12-13,15H2,1-3H3,(H2,20,21,23);1H. The van der Waals surface area contributed by atoms with Crippen molar-refractivity contribution in [3.05, 3.63) is 46.4 Å². The zero-order chi connectivity index (χ0) is 17.9. The van der Waals surface area contributed by atoms with Gasteiger partial charge >= 0.3 is 0 Å². The average Bonchev–Trinajstić information content (AvgIpc) is 3.11. The van der Waals surface area contributed by atoms with Gasteiger partial charge in [-0.1, -0.05) is 25.1 Å². The van der Waals surface area contributed by atoms with Gasteiger partial charge in [0.2, 0.25) is 0 Å². The first-order valence-electron chi connectivity index (χ1n) is 8.94. The van der Waals surface area contributed by atoms with Crippen molar-refractivity contribution < 1.29 is 0 Å². The molecule has 0 amide bonds. The predicted octanol–water partition coefficient (Wildman–Crippen LogP) is 3.91. The number of para-hydroxylation sites is 1. The molecule has 0 fully saturated rings. The van der Waals surface area contributed by atoms with Gasteiger partial charge in [0.15, 0.2) is 5.96 Å². The van der Waals surface area contributed by atoms with E-state index >= 15 is 0 Å². The van der Waals surface area contributed by atoms with Crippen molar-refractivity contribution in [1.82, 2.24) is 15.6 Å². The maximum Gasteiger partial charge on any atom is 0.191 e. The SMILES string of the molecule is CCNC(=NCc1ncc(CC)s1)NCCCN(C)c1ccccc1.I. The van der Waals surface area contributed by atoms with Gasteiger partial charge in [0.25, 0.3) is 0 Å². The highest BCUT2D eigenvalue weighted by Crippen LogP contribution is 2.14. The summed E-state index contributed by atoms with van der Waals surface area (Å²) in [6.07, 6.45) is 4.04. The van der Waals surface area contributed by atoms with Crippen molar-refractivity contribution in [1.29, 1.82) is 0 Å². The summed E-state index contributed by atoms with van der Waals surface area (Å²) in [4.78, 5) is 12.6. The van der Waals surface area contributed by atoms with E-state index in [0.29, 0.717) is 6.54 Å². The number of aromatic nitrogens is 1. The molecule has 0 aliphatic heterocycles. The molecule has 0 saturated carbocycles. The highest BCUT2D eigenvalue weighted by Gasteiger charge is 2.03. The molecule has 0 atom stereocenters. The molecule has 144 valence electrons. The Hall–Kier alpha value is -1.35. The molecule has 26 heavy (non-hydrogen) atoms. The molecule has 7 heteroatoms. The lowest BCUT2D eigenvalue weighted by Crippen LogP contribution is -2.38. The first-order valence-corrected chi connectivity index (χ1v) is 9.76. The number of aliphatic imine (C=N–C) groups is 1. The molecule has 5 nitrogen and oxygen atoms in total. The van der Waals surface area contributed by atoms with Crippen molar-refractivity contribution >= 4 is 47.0 Å². The van der Waals surface area contributed by atoms with Crippen LogP contribution in [0.5, 0.6) is 0 Å². The van der Waals surface area contributed by atoms with Crippen molar-refractivity contribution in [3.8, 4) is 0 Å². The van der Waals surface area contributed by atoms with E-state index in [9.17, 15) is 0 Å². The molecular formula is C19H30IN5S. The van der Waals surface area contributed by atoms with Crippen molar-refractivity contribution in [2.24, 2.45) is 4.99 Å². The second-order valence-corrected chi connectivity index (χ2v) is 7.01. The van der Waals surface area contributed by atoms with Gasteiger partial charge in [-0.15, -0.1) is 35.3 Å². The Morgan fingerprint density at radius 3 is 2.62 bits per heavy atom. The van der Waals surface area contributed by atoms with Gasteiger partial charge in [0.05, 0.1) is 6.54 Å². The molecule has 1 aromatic heterocycles. The molecule has 0 spiro atoms. The summed E-state index contributed by atoms with van der Waals surface area (Å²) in [5, 5.41) is 7.77. The van der Waals surface area contributed by atoms with Crippen LogP contribution in [0.4, 0.5) is 5.69 Å². The number of nitrogens with zero attached hydrogens (tertiary/aromatic N) is 3. The maximum atomic E-state index is 4.63. The fourth-order valence-electron chi connectivity index (χ4n) is 2.41. The number of aryl methyl sites for hydroxylation is 1. The third kappa shape index (κ3) is 7.90. The molecule has 0 aliphatic carbocycles. The minimum atomic E-state index is 0. The normalized spacial score (nSPS) is 11.0. The van der Waals surface area contributed by atoms with Gasteiger partial charge in [-0.05, 0) is 31.9 Å². The van der Waals surface area contributed by atoms with Gasteiger partial charge in [0, 0.05) is 43.4 Å². The molecule has 0 aliphatic rings. The van der Waals surface area contributed by atoms with Crippen LogP contribution in [-0.4, -0.2) is 37.6 Å². The van der Waals surface area contributed by atoms with E-state index in [1.165, 1.54) is 10.6 Å². The van der Waals surface area contributed by atoms with E-state index in [0.717, 1.165) is 43.4 Å². The summed E-state index contributed by atoms with van der Waals surface area (Å²) >= 11 is 1.74. The van der Waals surface area contributed by atoms with Crippen LogP contribution in [0.25, 0.3) is 0 Å². The zero-order valence-electron chi connectivity index (χ0n) is 15.9. The van der Waals surface area contributed by atoms with Gasteiger partial charge < -0.3 is 15.5 Å². The summed E-state index contributed by atoms with van der Waals surface area (Å²) in [5.41, 5.74) is 1.25. The summed E-state index contributed by atoms with van der Waals surface area (Å²) in [6, 6.07) is 10.5. The lowest BCUT2D eigenvalue weighted by atomic mass is 10.3. The molecule has 0 radical (unpaired) electrons. The maximum absolute atomic E-state index is 4.63. The van der Waals surface area contributed by atoms with Crippen LogP contribution in [0.15, 0.2) is 41.5 Å².